The molecule has 0 aliphatic rings. The van der Waals surface area contributed by atoms with E-state index in [1.165, 1.54) is 19.2 Å². The Morgan fingerprint density at radius 2 is 1.67 bits per heavy atom. The van der Waals surface area contributed by atoms with Gasteiger partial charge in [-0.3, -0.25) is 9.52 Å². The Morgan fingerprint density at radius 1 is 0.967 bits per heavy atom. The minimum absolute atomic E-state index is 0.123. The van der Waals surface area contributed by atoms with Gasteiger partial charge in [0.2, 0.25) is 0 Å². The SMILES string of the molecule is COc1ccc(S(=O)(=O)Nc2ccc(C(=O)Nc3ccccc3SC)cc2C)cc1. The van der Waals surface area contributed by atoms with E-state index in [0.717, 1.165) is 10.6 Å². The number of carbonyl (C=O) groups is 1. The zero-order chi connectivity index (χ0) is 21.7. The van der Waals surface area contributed by atoms with Crippen molar-refractivity contribution in [2.45, 2.75) is 16.7 Å². The molecule has 0 radical (unpaired) electrons. The minimum Gasteiger partial charge on any atom is -0.497 e. The number of para-hydroxylation sites is 1. The van der Waals surface area contributed by atoms with E-state index < -0.39 is 10.0 Å². The van der Waals surface area contributed by atoms with E-state index in [4.69, 9.17) is 4.74 Å². The highest BCUT2D eigenvalue weighted by molar-refractivity contribution is 7.98. The van der Waals surface area contributed by atoms with Crippen LogP contribution in [-0.2, 0) is 10.0 Å². The zero-order valence-corrected chi connectivity index (χ0v) is 18.4. The van der Waals surface area contributed by atoms with Gasteiger partial charge < -0.3 is 10.1 Å². The second-order valence-corrected chi connectivity index (χ2v) is 9.00. The second kappa shape index (κ2) is 9.23. The lowest BCUT2D eigenvalue weighted by Crippen LogP contribution is -2.15. The molecule has 6 nitrogen and oxygen atoms in total. The third kappa shape index (κ3) is 4.95. The lowest BCUT2D eigenvalue weighted by atomic mass is 10.1. The molecule has 0 saturated heterocycles. The number of anilines is 2. The van der Waals surface area contributed by atoms with E-state index in [9.17, 15) is 13.2 Å². The van der Waals surface area contributed by atoms with E-state index in [1.807, 2.05) is 30.5 Å². The van der Waals surface area contributed by atoms with Gasteiger partial charge in [-0.1, -0.05) is 12.1 Å². The van der Waals surface area contributed by atoms with Crippen LogP contribution in [0.1, 0.15) is 15.9 Å². The van der Waals surface area contributed by atoms with Crippen molar-refractivity contribution < 1.29 is 17.9 Å². The first-order valence-electron chi connectivity index (χ1n) is 9.06. The highest BCUT2D eigenvalue weighted by atomic mass is 32.2. The summed E-state index contributed by atoms with van der Waals surface area (Å²) >= 11 is 1.55. The number of sulfonamides is 1. The number of amides is 1. The molecule has 0 heterocycles. The maximum Gasteiger partial charge on any atom is 0.261 e. The maximum atomic E-state index is 12.7. The molecule has 156 valence electrons. The first-order valence-corrected chi connectivity index (χ1v) is 11.8. The summed E-state index contributed by atoms with van der Waals surface area (Å²) in [4.78, 5) is 13.7. The number of nitrogens with one attached hydrogen (secondary N) is 2. The molecule has 3 rings (SSSR count). The van der Waals surface area contributed by atoms with Crippen LogP contribution >= 0.6 is 11.8 Å². The summed E-state index contributed by atoms with van der Waals surface area (Å²) < 4.78 is 32.9. The summed E-state index contributed by atoms with van der Waals surface area (Å²) in [7, 11) is -2.24. The predicted octanol–water partition coefficient (Wildman–Crippen LogP) is 4.78. The first-order chi connectivity index (χ1) is 14.3. The van der Waals surface area contributed by atoms with Gasteiger partial charge in [0.1, 0.15) is 5.75 Å². The molecule has 8 heteroatoms. The topological polar surface area (TPSA) is 84.5 Å². The Balaban J connectivity index is 1.78. The average Bonchev–Trinajstić information content (AvgIpc) is 2.75. The number of thioether (sulfide) groups is 1. The van der Waals surface area contributed by atoms with E-state index in [-0.39, 0.29) is 10.8 Å². The fourth-order valence-corrected chi connectivity index (χ4v) is 4.50. The van der Waals surface area contributed by atoms with Crippen molar-refractivity contribution in [1.82, 2.24) is 0 Å². The Labute approximate surface area is 180 Å². The van der Waals surface area contributed by atoms with Crippen LogP contribution in [0, 0.1) is 6.92 Å². The van der Waals surface area contributed by atoms with Crippen LogP contribution in [0.4, 0.5) is 11.4 Å². The van der Waals surface area contributed by atoms with Crippen LogP contribution in [0.15, 0.2) is 76.5 Å². The Bertz CT molecular complexity index is 1160. The molecule has 0 saturated carbocycles. The highest BCUT2D eigenvalue weighted by Gasteiger charge is 2.17. The standard InChI is InChI=1S/C22H22N2O4S2/c1-15-14-16(22(25)23-20-6-4-5-7-21(20)29-3)8-13-19(15)24-30(26,27)18-11-9-17(28-2)10-12-18/h4-14,24H,1-3H3,(H,23,25). The average molecular weight is 443 g/mol. The van der Waals surface area contributed by atoms with E-state index in [1.54, 1.807) is 49.0 Å². The van der Waals surface area contributed by atoms with Crippen LogP contribution < -0.4 is 14.8 Å². The second-order valence-electron chi connectivity index (χ2n) is 6.47. The van der Waals surface area contributed by atoms with Crippen LogP contribution in [0.25, 0.3) is 0 Å². The van der Waals surface area contributed by atoms with Crippen molar-refractivity contribution >= 4 is 39.1 Å². The van der Waals surface area contributed by atoms with Crippen LogP contribution in [0.5, 0.6) is 5.75 Å². The Morgan fingerprint density at radius 3 is 2.30 bits per heavy atom. The molecule has 0 aromatic heterocycles. The molecular weight excluding hydrogens is 420 g/mol. The quantitative estimate of drug-likeness (QED) is 0.515. The largest absolute Gasteiger partial charge is 0.497 e. The van der Waals surface area contributed by atoms with Crippen LogP contribution in [0.2, 0.25) is 0 Å². The van der Waals surface area contributed by atoms with Crippen LogP contribution in [-0.4, -0.2) is 27.7 Å². The van der Waals surface area contributed by atoms with Gasteiger partial charge in [-0.2, -0.15) is 0 Å². The lowest BCUT2D eigenvalue weighted by Gasteiger charge is -2.13. The normalized spacial score (nSPS) is 11.0. The number of ether oxygens (including phenoxy) is 1. The van der Waals surface area contributed by atoms with Gasteiger partial charge in [0.05, 0.1) is 23.4 Å². The van der Waals surface area contributed by atoms with Gasteiger partial charge in [0.15, 0.2) is 0 Å². The zero-order valence-electron chi connectivity index (χ0n) is 16.8. The summed E-state index contributed by atoms with van der Waals surface area (Å²) in [6.45, 7) is 1.75. The number of carbonyl (C=O) groups excluding carboxylic acids is 1. The van der Waals surface area contributed by atoms with Gasteiger partial charge in [-0.25, -0.2) is 8.42 Å². The van der Waals surface area contributed by atoms with Gasteiger partial charge >= 0.3 is 0 Å². The minimum atomic E-state index is -3.76. The van der Waals surface area contributed by atoms with Crippen LogP contribution in [0.3, 0.4) is 0 Å². The van der Waals surface area contributed by atoms with Crippen molar-refractivity contribution in [2.75, 3.05) is 23.4 Å². The number of benzene rings is 3. The van der Waals surface area contributed by atoms with Crippen molar-refractivity contribution in [1.29, 1.82) is 0 Å². The monoisotopic (exact) mass is 442 g/mol. The van der Waals surface area contributed by atoms with Gasteiger partial charge in [0.25, 0.3) is 15.9 Å². The molecule has 0 aliphatic heterocycles. The number of hydrogen-bond donors (Lipinski definition) is 2. The molecule has 0 unspecified atom stereocenters. The van der Waals surface area contributed by atoms with Gasteiger partial charge in [-0.15, -0.1) is 11.8 Å². The summed E-state index contributed by atoms with van der Waals surface area (Å²) in [6, 6.07) is 18.5. The van der Waals surface area contributed by atoms with E-state index in [2.05, 4.69) is 10.0 Å². The Hall–Kier alpha value is -2.97. The van der Waals surface area contributed by atoms with Gasteiger partial charge in [-0.05, 0) is 73.3 Å². The molecule has 3 aromatic rings. The molecule has 3 aromatic carbocycles. The van der Waals surface area contributed by atoms with Crippen molar-refractivity contribution in [3.63, 3.8) is 0 Å². The van der Waals surface area contributed by atoms with Crippen molar-refractivity contribution in [2.24, 2.45) is 0 Å². The molecule has 30 heavy (non-hydrogen) atoms. The molecular formula is C22H22N2O4S2. The lowest BCUT2D eigenvalue weighted by molar-refractivity contribution is 0.102. The summed E-state index contributed by atoms with van der Waals surface area (Å²) in [5.74, 6) is 0.313. The van der Waals surface area contributed by atoms with Crippen molar-refractivity contribution in [3.8, 4) is 5.75 Å². The molecule has 0 bridgehead atoms. The number of rotatable bonds is 7. The highest BCUT2D eigenvalue weighted by Crippen LogP contribution is 2.26. The molecule has 1 amide bonds. The molecule has 0 fully saturated rings. The van der Waals surface area contributed by atoms with E-state index in [0.29, 0.717) is 22.6 Å². The third-order valence-corrected chi connectivity index (χ3v) is 6.64. The first kappa shape index (κ1) is 21.7. The van der Waals surface area contributed by atoms with E-state index >= 15 is 0 Å². The third-order valence-electron chi connectivity index (χ3n) is 4.46. The summed E-state index contributed by atoms with van der Waals surface area (Å²) in [5, 5.41) is 2.90. The summed E-state index contributed by atoms with van der Waals surface area (Å²) in [5.41, 5.74) is 2.22. The molecule has 0 atom stereocenters. The number of aryl methyl sites for hydroxylation is 1. The smallest absolute Gasteiger partial charge is 0.261 e. The maximum absolute atomic E-state index is 12.7. The van der Waals surface area contributed by atoms with Gasteiger partial charge in [0, 0.05) is 10.5 Å². The van der Waals surface area contributed by atoms with Crippen molar-refractivity contribution in [3.05, 3.63) is 77.9 Å². The number of hydrogen-bond acceptors (Lipinski definition) is 5. The fraction of sp³-hybridized carbons (Fsp3) is 0.136. The molecule has 2 N–H and O–H groups in total. The molecule has 0 aliphatic carbocycles. The summed E-state index contributed by atoms with van der Waals surface area (Å²) in [6.07, 6.45) is 1.94. The Kier molecular flexibility index (Phi) is 6.69. The predicted molar refractivity (Wildman–Crippen MR) is 121 cm³/mol. The molecule has 0 spiro atoms. The number of methoxy groups -OCH3 is 1. The fourth-order valence-electron chi connectivity index (χ4n) is 2.82.